The molecule has 148 valence electrons. The van der Waals surface area contributed by atoms with Crippen LogP contribution < -0.4 is 20.1 Å². The first-order chi connectivity index (χ1) is 12.0. The van der Waals surface area contributed by atoms with E-state index in [9.17, 15) is 4.79 Å². The lowest BCUT2D eigenvalue weighted by Crippen LogP contribution is -2.40. The third-order valence-electron chi connectivity index (χ3n) is 3.63. The molecular weight excluding hydrogens is 447 g/mol. The van der Waals surface area contributed by atoms with E-state index in [-0.39, 0.29) is 36.4 Å². The van der Waals surface area contributed by atoms with Crippen LogP contribution in [-0.2, 0) is 11.2 Å². The maximum atomic E-state index is 11.6. The van der Waals surface area contributed by atoms with Crippen molar-refractivity contribution in [2.24, 2.45) is 4.99 Å². The normalized spacial score (nSPS) is 10.6. The van der Waals surface area contributed by atoms with Crippen molar-refractivity contribution in [3.63, 3.8) is 0 Å². The van der Waals surface area contributed by atoms with Gasteiger partial charge in [0.05, 0.1) is 14.2 Å². The number of methoxy groups -OCH3 is 2. The number of benzene rings is 1. The Bertz CT molecular complexity index is 582. The molecule has 1 rings (SSSR count). The second kappa shape index (κ2) is 13.5. The SMILES string of the molecule is CCNC(=O)CN=C(NCC)N(C)CCc1ccc(OC)c(OC)c1.I. The maximum Gasteiger partial charge on any atom is 0.241 e. The Balaban J connectivity index is 0.00000625. The lowest BCUT2D eigenvalue weighted by Gasteiger charge is -2.22. The first kappa shape index (κ1) is 24.3. The van der Waals surface area contributed by atoms with Crippen LogP contribution in [0.3, 0.4) is 0 Å². The average Bonchev–Trinajstić information content (AvgIpc) is 2.63. The van der Waals surface area contributed by atoms with Crippen molar-refractivity contribution in [3.05, 3.63) is 23.8 Å². The third-order valence-corrected chi connectivity index (χ3v) is 3.63. The molecule has 0 aromatic heterocycles. The number of guanidine groups is 1. The minimum atomic E-state index is -0.0776. The van der Waals surface area contributed by atoms with Crippen LogP contribution in [0.2, 0.25) is 0 Å². The van der Waals surface area contributed by atoms with Crippen molar-refractivity contribution in [2.45, 2.75) is 20.3 Å². The summed E-state index contributed by atoms with van der Waals surface area (Å²) < 4.78 is 10.6. The van der Waals surface area contributed by atoms with Gasteiger partial charge in [0, 0.05) is 26.7 Å². The summed E-state index contributed by atoms with van der Waals surface area (Å²) in [6.45, 7) is 6.13. The van der Waals surface area contributed by atoms with Crippen LogP contribution in [-0.4, -0.2) is 64.2 Å². The number of halogens is 1. The number of likely N-dealkylation sites (N-methyl/N-ethyl adjacent to an activating group) is 2. The molecule has 1 aromatic rings. The average molecular weight is 478 g/mol. The van der Waals surface area contributed by atoms with Gasteiger partial charge in [-0.1, -0.05) is 6.07 Å². The van der Waals surface area contributed by atoms with Gasteiger partial charge >= 0.3 is 0 Å². The molecule has 2 N–H and O–H groups in total. The van der Waals surface area contributed by atoms with Gasteiger partial charge in [-0.25, -0.2) is 4.99 Å². The van der Waals surface area contributed by atoms with E-state index in [1.54, 1.807) is 14.2 Å². The van der Waals surface area contributed by atoms with Crippen molar-refractivity contribution in [1.82, 2.24) is 15.5 Å². The summed E-state index contributed by atoms with van der Waals surface area (Å²) >= 11 is 0. The van der Waals surface area contributed by atoms with Gasteiger partial charge in [0.2, 0.25) is 5.91 Å². The van der Waals surface area contributed by atoms with Gasteiger partial charge in [-0.2, -0.15) is 0 Å². The van der Waals surface area contributed by atoms with Crippen LogP contribution in [0.25, 0.3) is 0 Å². The number of hydrogen-bond donors (Lipinski definition) is 2. The molecule has 0 saturated carbocycles. The van der Waals surface area contributed by atoms with Gasteiger partial charge in [-0.3, -0.25) is 4.79 Å². The standard InChI is InChI=1S/C18H30N4O3.HI/c1-6-19-17(23)13-21-18(20-7-2)22(3)11-10-14-8-9-15(24-4)16(12-14)25-5;/h8-9,12H,6-7,10-11,13H2,1-5H3,(H,19,23)(H,20,21);1H. The van der Waals surface area contributed by atoms with Crippen LogP contribution in [0.1, 0.15) is 19.4 Å². The van der Waals surface area contributed by atoms with E-state index in [1.807, 2.05) is 44.0 Å². The Morgan fingerprint density at radius 3 is 2.35 bits per heavy atom. The lowest BCUT2D eigenvalue weighted by molar-refractivity contribution is -0.119. The number of ether oxygens (including phenoxy) is 2. The van der Waals surface area contributed by atoms with Gasteiger partial charge in [0.15, 0.2) is 17.5 Å². The number of hydrogen-bond acceptors (Lipinski definition) is 4. The van der Waals surface area contributed by atoms with E-state index in [1.165, 1.54) is 0 Å². The van der Waals surface area contributed by atoms with Gasteiger partial charge in [0.1, 0.15) is 6.54 Å². The summed E-state index contributed by atoms with van der Waals surface area (Å²) in [6.07, 6.45) is 0.822. The smallest absolute Gasteiger partial charge is 0.241 e. The zero-order valence-electron chi connectivity index (χ0n) is 16.3. The molecule has 0 unspecified atom stereocenters. The van der Waals surface area contributed by atoms with E-state index < -0.39 is 0 Å². The number of rotatable bonds is 9. The second-order valence-corrected chi connectivity index (χ2v) is 5.48. The topological polar surface area (TPSA) is 75.2 Å². The summed E-state index contributed by atoms with van der Waals surface area (Å²) in [5.74, 6) is 2.08. The quantitative estimate of drug-likeness (QED) is 0.322. The molecule has 0 radical (unpaired) electrons. The van der Waals surface area contributed by atoms with Crippen molar-refractivity contribution in [1.29, 1.82) is 0 Å². The van der Waals surface area contributed by atoms with Gasteiger partial charge in [-0.05, 0) is 38.0 Å². The van der Waals surface area contributed by atoms with Gasteiger partial charge in [-0.15, -0.1) is 24.0 Å². The van der Waals surface area contributed by atoms with Gasteiger partial charge in [0.25, 0.3) is 0 Å². The Morgan fingerprint density at radius 1 is 1.12 bits per heavy atom. The number of carbonyl (C=O) groups excluding carboxylic acids is 1. The molecular formula is C18H31IN4O3. The Labute approximate surface area is 173 Å². The summed E-state index contributed by atoms with van der Waals surface area (Å²) in [5.41, 5.74) is 1.14. The van der Waals surface area contributed by atoms with Crippen molar-refractivity contribution >= 4 is 35.8 Å². The van der Waals surface area contributed by atoms with Crippen LogP contribution >= 0.6 is 24.0 Å². The fourth-order valence-corrected chi connectivity index (χ4v) is 2.31. The number of aliphatic imine (C=N–C) groups is 1. The van der Waals surface area contributed by atoms with E-state index >= 15 is 0 Å². The first-order valence-corrected chi connectivity index (χ1v) is 8.52. The molecule has 0 bridgehead atoms. The predicted octanol–water partition coefficient (Wildman–Crippen LogP) is 1.90. The Kier molecular flexibility index (Phi) is 12.6. The summed E-state index contributed by atoms with van der Waals surface area (Å²) in [6, 6.07) is 5.90. The molecule has 0 fully saturated rings. The monoisotopic (exact) mass is 478 g/mol. The molecule has 1 amide bonds. The molecule has 0 saturated heterocycles. The van der Waals surface area contributed by atoms with Crippen molar-refractivity contribution in [2.75, 3.05) is 47.4 Å². The predicted molar refractivity (Wildman–Crippen MR) is 116 cm³/mol. The summed E-state index contributed by atoms with van der Waals surface area (Å²) in [4.78, 5) is 18.0. The molecule has 1 aromatic carbocycles. The molecule has 0 spiro atoms. The zero-order chi connectivity index (χ0) is 18.7. The van der Waals surface area contributed by atoms with Crippen LogP contribution in [0, 0.1) is 0 Å². The fourth-order valence-electron chi connectivity index (χ4n) is 2.31. The molecule has 26 heavy (non-hydrogen) atoms. The summed E-state index contributed by atoms with van der Waals surface area (Å²) in [7, 11) is 5.21. The highest BCUT2D eigenvalue weighted by atomic mass is 127. The Hall–Kier alpha value is -1.71. The highest BCUT2D eigenvalue weighted by Gasteiger charge is 2.09. The number of nitrogens with one attached hydrogen (secondary N) is 2. The van der Waals surface area contributed by atoms with Crippen LogP contribution in [0.4, 0.5) is 0 Å². The molecule has 8 heteroatoms. The number of carbonyl (C=O) groups is 1. The largest absolute Gasteiger partial charge is 0.493 e. The van der Waals surface area contributed by atoms with Crippen LogP contribution in [0.15, 0.2) is 23.2 Å². The number of amides is 1. The minimum Gasteiger partial charge on any atom is -0.493 e. The lowest BCUT2D eigenvalue weighted by atomic mass is 10.1. The molecule has 0 aliphatic rings. The Morgan fingerprint density at radius 2 is 1.77 bits per heavy atom. The zero-order valence-corrected chi connectivity index (χ0v) is 18.6. The second-order valence-electron chi connectivity index (χ2n) is 5.48. The molecule has 0 heterocycles. The van der Waals surface area contributed by atoms with E-state index in [4.69, 9.17) is 9.47 Å². The molecule has 0 atom stereocenters. The van der Waals surface area contributed by atoms with Crippen molar-refractivity contribution < 1.29 is 14.3 Å². The van der Waals surface area contributed by atoms with Gasteiger partial charge < -0.3 is 25.0 Å². The molecule has 0 aliphatic heterocycles. The number of nitrogens with zero attached hydrogens (tertiary/aromatic N) is 2. The van der Waals surface area contributed by atoms with E-state index in [0.717, 1.165) is 36.6 Å². The highest BCUT2D eigenvalue weighted by molar-refractivity contribution is 14.0. The fraction of sp³-hybridized carbons (Fsp3) is 0.556. The first-order valence-electron chi connectivity index (χ1n) is 8.52. The molecule has 0 aliphatic carbocycles. The van der Waals surface area contributed by atoms with E-state index in [2.05, 4.69) is 15.6 Å². The minimum absolute atomic E-state index is 0. The molecule has 7 nitrogen and oxygen atoms in total. The summed E-state index contributed by atoms with van der Waals surface area (Å²) in [5, 5.41) is 5.95. The third kappa shape index (κ3) is 8.11. The highest BCUT2D eigenvalue weighted by Crippen LogP contribution is 2.27. The maximum absolute atomic E-state index is 11.6. The van der Waals surface area contributed by atoms with Crippen molar-refractivity contribution in [3.8, 4) is 11.5 Å². The van der Waals surface area contributed by atoms with Crippen LogP contribution in [0.5, 0.6) is 11.5 Å². The van der Waals surface area contributed by atoms with E-state index in [0.29, 0.717) is 12.5 Å².